The van der Waals surface area contributed by atoms with Gasteiger partial charge in [0.15, 0.2) is 0 Å². The molecule has 6 aromatic carbocycles. The van der Waals surface area contributed by atoms with Crippen LogP contribution in [0.4, 0.5) is 0 Å². The third-order valence-electron chi connectivity index (χ3n) is 8.26. The summed E-state index contributed by atoms with van der Waals surface area (Å²) in [7, 11) is 0. The fraction of sp³-hybridized carbons (Fsp3) is 0.0476. The van der Waals surface area contributed by atoms with Crippen LogP contribution in [0.25, 0.3) is 45.6 Å². The van der Waals surface area contributed by atoms with Gasteiger partial charge in [-0.3, -0.25) is 0 Å². The number of benzene rings is 6. The van der Waals surface area contributed by atoms with Crippen LogP contribution in [0.15, 0.2) is 158 Å². The lowest BCUT2D eigenvalue weighted by atomic mass is 9.99. The predicted octanol–water partition coefficient (Wildman–Crippen LogP) is 10.9. The van der Waals surface area contributed by atoms with E-state index < -0.39 is 0 Å². The minimum Gasteiger partial charge on any atom is -0.0622 e. The zero-order valence-corrected chi connectivity index (χ0v) is 23.6. The third kappa shape index (κ3) is 5.53. The average molecular weight is 537 g/mol. The molecule has 0 radical (unpaired) electrons. The lowest BCUT2D eigenvalue weighted by molar-refractivity contribution is 1.32. The van der Waals surface area contributed by atoms with Crippen molar-refractivity contribution in [2.24, 2.45) is 0 Å². The first-order valence-electron chi connectivity index (χ1n) is 14.7. The Kier molecular flexibility index (Phi) is 7.19. The van der Waals surface area contributed by atoms with E-state index in [1.807, 2.05) is 0 Å². The van der Waals surface area contributed by atoms with Crippen LogP contribution in [0.1, 0.15) is 33.4 Å². The lowest BCUT2D eigenvalue weighted by Gasteiger charge is -2.05. The molecule has 2 aliphatic rings. The highest BCUT2D eigenvalue weighted by atomic mass is 14.2. The predicted molar refractivity (Wildman–Crippen MR) is 180 cm³/mol. The van der Waals surface area contributed by atoms with Crippen molar-refractivity contribution in [2.75, 3.05) is 0 Å². The van der Waals surface area contributed by atoms with Gasteiger partial charge in [-0.15, -0.1) is 0 Å². The Balaban J connectivity index is 0.000000137. The van der Waals surface area contributed by atoms with E-state index in [9.17, 15) is 0 Å². The van der Waals surface area contributed by atoms with Gasteiger partial charge in [-0.2, -0.15) is 0 Å². The standard InChI is InChI=1S/2C21H16/c2*1-2-6-16(7-3-1)17-10-12-18(13-11-17)21-14-19-8-4-5-9-20(19)15-21/h2*1-14H,15H2. The van der Waals surface area contributed by atoms with Crippen LogP contribution in [0.3, 0.4) is 0 Å². The van der Waals surface area contributed by atoms with E-state index in [0.29, 0.717) is 0 Å². The summed E-state index contributed by atoms with van der Waals surface area (Å²) in [6, 6.07) is 56.1. The Morgan fingerprint density at radius 3 is 0.952 bits per heavy atom. The molecule has 0 heterocycles. The summed E-state index contributed by atoms with van der Waals surface area (Å²) >= 11 is 0. The monoisotopic (exact) mass is 536 g/mol. The maximum Gasteiger partial charge on any atom is -0.00137 e. The number of hydrogen-bond acceptors (Lipinski definition) is 0. The maximum absolute atomic E-state index is 2.31. The van der Waals surface area contributed by atoms with E-state index in [0.717, 1.165) is 12.8 Å². The van der Waals surface area contributed by atoms with Gasteiger partial charge in [0.05, 0.1) is 0 Å². The quantitative estimate of drug-likeness (QED) is 0.210. The minimum atomic E-state index is 1.04. The molecule has 42 heavy (non-hydrogen) atoms. The summed E-state index contributed by atoms with van der Waals surface area (Å²) in [5.41, 5.74) is 16.1. The van der Waals surface area contributed by atoms with E-state index in [4.69, 9.17) is 0 Å². The molecule has 0 bridgehead atoms. The Morgan fingerprint density at radius 2 is 0.571 bits per heavy atom. The van der Waals surface area contributed by atoms with Gasteiger partial charge in [-0.25, -0.2) is 0 Å². The van der Waals surface area contributed by atoms with E-state index in [2.05, 4.69) is 170 Å². The fourth-order valence-electron chi connectivity index (χ4n) is 5.95. The van der Waals surface area contributed by atoms with Gasteiger partial charge >= 0.3 is 0 Å². The van der Waals surface area contributed by atoms with E-state index in [1.165, 1.54) is 66.8 Å². The molecule has 0 aliphatic heterocycles. The second-order valence-electron chi connectivity index (χ2n) is 11.0. The molecule has 0 nitrogen and oxygen atoms in total. The van der Waals surface area contributed by atoms with Crippen molar-refractivity contribution in [1.82, 2.24) is 0 Å². The van der Waals surface area contributed by atoms with E-state index >= 15 is 0 Å². The number of rotatable bonds is 4. The van der Waals surface area contributed by atoms with Crippen LogP contribution in [0, 0.1) is 0 Å². The molecule has 6 aromatic rings. The van der Waals surface area contributed by atoms with Crippen LogP contribution in [0.5, 0.6) is 0 Å². The first-order valence-corrected chi connectivity index (χ1v) is 14.7. The number of hydrogen-bond donors (Lipinski definition) is 0. The summed E-state index contributed by atoms with van der Waals surface area (Å²) in [6.07, 6.45) is 6.71. The van der Waals surface area contributed by atoms with Crippen molar-refractivity contribution in [3.8, 4) is 22.3 Å². The molecule has 0 saturated heterocycles. The Bertz CT molecular complexity index is 1730. The molecule has 8 rings (SSSR count). The average Bonchev–Trinajstić information content (AvgIpc) is 3.71. The Labute approximate surface area is 249 Å². The zero-order chi connectivity index (χ0) is 28.1. The molecule has 0 aromatic heterocycles. The molecule has 0 fully saturated rings. The summed E-state index contributed by atoms with van der Waals surface area (Å²) in [5.74, 6) is 0. The molecule has 0 heteroatoms. The van der Waals surface area contributed by atoms with Gasteiger partial charge in [-0.05, 0) is 79.6 Å². The van der Waals surface area contributed by atoms with E-state index in [1.54, 1.807) is 0 Å². The Morgan fingerprint density at radius 1 is 0.262 bits per heavy atom. The summed E-state index contributed by atoms with van der Waals surface area (Å²) in [4.78, 5) is 0. The zero-order valence-electron chi connectivity index (χ0n) is 23.6. The molecule has 0 atom stereocenters. The highest BCUT2D eigenvalue weighted by Crippen LogP contribution is 2.33. The topological polar surface area (TPSA) is 0 Å². The van der Waals surface area contributed by atoms with Crippen molar-refractivity contribution in [3.63, 3.8) is 0 Å². The smallest absolute Gasteiger partial charge is 0.00137 e. The SMILES string of the molecule is C1=C(c2ccc(-c3ccccc3)cc2)Cc2ccccc21.C1=C(c2ccc(-c3ccccc3)cc2)Cc2ccccc21. The van der Waals surface area contributed by atoms with Crippen LogP contribution in [0.2, 0.25) is 0 Å². The van der Waals surface area contributed by atoms with Gasteiger partial charge in [0.25, 0.3) is 0 Å². The van der Waals surface area contributed by atoms with Crippen LogP contribution in [-0.2, 0) is 12.8 Å². The summed E-state index contributed by atoms with van der Waals surface area (Å²) < 4.78 is 0. The van der Waals surface area contributed by atoms with Gasteiger partial charge in [0.1, 0.15) is 0 Å². The van der Waals surface area contributed by atoms with Crippen LogP contribution < -0.4 is 0 Å². The molecule has 0 unspecified atom stereocenters. The molecule has 0 N–H and O–H groups in total. The second-order valence-corrected chi connectivity index (χ2v) is 11.0. The fourth-order valence-corrected chi connectivity index (χ4v) is 5.95. The molecule has 0 saturated carbocycles. The van der Waals surface area contributed by atoms with Crippen molar-refractivity contribution in [3.05, 3.63) is 191 Å². The molecule has 0 spiro atoms. The van der Waals surface area contributed by atoms with Gasteiger partial charge in [0.2, 0.25) is 0 Å². The lowest BCUT2D eigenvalue weighted by Crippen LogP contribution is -1.86. The highest BCUT2D eigenvalue weighted by Gasteiger charge is 2.14. The number of fused-ring (bicyclic) bond motifs is 2. The molecule has 2 aliphatic carbocycles. The second kappa shape index (κ2) is 11.7. The van der Waals surface area contributed by atoms with Gasteiger partial charge < -0.3 is 0 Å². The first kappa shape index (κ1) is 25.7. The Hall–Kier alpha value is -5.20. The summed E-state index contributed by atoms with van der Waals surface area (Å²) in [6.45, 7) is 0. The third-order valence-corrected chi connectivity index (χ3v) is 8.26. The maximum atomic E-state index is 2.31. The van der Waals surface area contributed by atoms with Crippen molar-refractivity contribution >= 4 is 23.3 Å². The van der Waals surface area contributed by atoms with Gasteiger partial charge in [-0.1, -0.05) is 170 Å². The molecule has 200 valence electrons. The highest BCUT2D eigenvalue weighted by molar-refractivity contribution is 5.90. The van der Waals surface area contributed by atoms with Gasteiger partial charge in [0, 0.05) is 0 Å². The largest absolute Gasteiger partial charge is 0.0622 e. The first-order chi connectivity index (χ1) is 20.8. The molecular weight excluding hydrogens is 504 g/mol. The van der Waals surface area contributed by atoms with Crippen LogP contribution >= 0.6 is 0 Å². The normalized spacial score (nSPS) is 12.9. The summed E-state index contributed by atoms with van der Waals surface area (Å²) in [5, 5.41) is 0. The molecule has 0 amide bonds. The molecular formula is C42H32. The number of allylic oxidation sites excluding steroid dienone is 2. The van der Waals surface area contributed by atoms with Crippen molar-refractivity contribution in [1.29, 1.82) is 0 Å². The van der Waals surface area contributed by atoms with Crippen molar-refractivity contribution < 1.29 is 0 Å². The van der Waals surface area contributed by atoms with E-state index in [-0.39, 0.29) is 0 Å². The van der Waals surface area contributed by atoms with Crippen molar-refractivity contribution in [2.45, 2.75) is 12.8 Å². The van der Waals surface area contributed by atoms with Crippen LogP contribution in [-0.4, -0.2) is 0 Å². The minimum absolute atomic E-state index is 1.04.